The molecular weight excluding hydrogens is 441 g/mol. The number of aryl methyl sites for hydroxylation is 2. The van der Waals surface area contributed by atoms with Crippen LogP contribution < -0.4 is 10.5 Å². The molecule has 10 heteroatoms. The van der Waals surface area contributed by atoms with Crippen LogP contribution in [0, 0.1) is 19.7 Å². The number of piperazine rings is 1. The summed E-state index contributed by atoms with van der Waals surface area (Å²) in [7, 11) is 0. The highest BCUT2D eigenvalue weighted by Crippen LogP contribution is 2.15. The maximum Gasteiger partial charge on any atom is 0.255 e. The van der Waals surface area contributed by atoms with Gasteiger partial charge in [0, 0.05) is 62.5 Å². The molecule has 182 valence electrons. The zero-order valence-electron chi connectivity index (χ0n) is 19.6. The quantitative estimate of drug-likeness (QED) is 0.706. The van der Waals surface area contributed by atoms with Crippen LogP contribution in [0.3, 0.4) is 0 Å². The van der Waals surface area contributed by atoms with Gasteiger partial charge in [-0.3, -0.25) is 19.4 Å². The van der Waals surface area contributed by atoms with Crippen molar-refractivity contribution >= 4 is 17.8 Å². The van der Waals surface area contributed by atoms with Crippen molar-refractivity contribution in [2.24, 2.45) is 0 Å². The van der Waals surface area contributed by atoms with Crippen LogP contribution in [0.15, 0.2) is 23.0 Å². The number of H-pyrrole nitrogens is 1. The largest absolute Gasteiger partial charge is 0.378 e. The Morgan fingerprint density at radius 2 is 1.74 bits per heavy atom. The van der Waals surface area contributed by atoms with E-state index < -0.39 is 5.82 Å². The molecule has 3 heterocycles. The summed E-state index contributed by atoms with van der Waals surface area (Å²) in [4.78, 5) is 50.8. The molecule has 0 saturated carbocycles. The fourth-order valence-electron chi connectivity index (χ4n) is 4.27. The molecule has 2 fully saturated rings. The van der Waals surface area contributed by atoms with E-state index in [1.54, 1.807) is 35.8 Å². The van der Waals surface area contributed by atoms with Gasteiger partial charge in [0.25, 0.3) is 11.5 Å². The summed E-state index contributed by atoms with van der Waals surface area (Å²) < 4.78 is 19.2. The Bertz CT molecular complexity index is 1120. The van der Waals surface area contributed by atoms with Gasteiger partial charge in [-0.15, -0.1) is 0 Å². The molecule has 4 rings (SSSR count). The monoisotopic (exact) mass is 471 g/mol. The van der Waals surface area contributed by atoms with Gasteiger partial charge in [0.15, 0.2) is 0 Å². The number of carbonyl (C=O) groups excluding carboxylic acids is 2. The predicted octanol–water partition coefficient (Wildman–Crippen LogP) is 1.28. The third kappa shape index (κ3) is 5.27. The third-order valence-corrected chi connectivity index (χ3v) is 6.45. The van der Waals surface area contributed by atoms with Crippen LogP contribution in [0.2, 0.25) is 0 Å². The number of nitrogens with zero attached hydrogens (tertiary/aromatic N) is 4. The van der Waals surface area contributed by atoms with Gasteiger partial charge in [0.1, 0.15) is 5.82 Å². The highest BCUT2D eigenvalue weighted by molar-refractivity contribution is 5.94. The minimum Gasteiger partial charge on any atom is -0.378 e. The van der Waals surface area contributed by atoms with E-state index in [-0.39, 0.29) is 23.8 Å². The number of hydrogen-bond acceptors (Lipinski definition) is 6. The molecule has 2 amide bonds. The highest BCUT2D eigenvalue weighted by Gasteiger charge is 2.25. The van der Waals surface area contributed by atoms with Crippen molar-refractivity contribution in [2.45, 2.75) is 26.7 Å². The lowest BCUT2D eigenvalue weighted by molar-refractivity contribution is -0.132. The number of ether oxygens (including phenoxy) is 1. The molecule has 0 radical (unpaired) electrons. The number of amides is 2. The van der Waals surface area contributed by atoms with Crippen molar-refractivity contribution in [3.8, 4) is 0 Å². The number of halogens is 1. The molecule has 0 aliphatic carbocycles. The standard InChI is InChI=1S/C24H30FN5O4/c1-16-3-4-18(15-20(16)25)23(33)29-9-7-28(8-10-29)21(31)6-5-19-17(2)26-24(27-22(19)32)30-11-13-34-14-12-30/h3-4,15H,5-14H2,1-2H3,(H,26,27,32). The molecular formula is C24H30FN5O4. The summed E-state index contributed by atoms with van der Waals surface area (Å²) in [5, 5.41) is 0. The van der Waals surface area contributed by atoms with Crippen LogP contribution in [0.1, 0.15) is 33.6 Å². The number of morpholine rings is 1. The lowest BCUT2D eigenvalue weighted by Crippen LogP contribution is -2.50. The van der Waals surface area contributed by atoms with Gasteiger partial charge in [-0.25, -0.2) is 9.37 Å². The fourth-order valence-corrected chi connectivity index (χ4v) is 4.27. The van der Waals surface area contributed by atoms with Crippen LogP contribution in [0.5, 0.6) is 0 Å². The maximum absolute atomic E-state index is 13.8. The smallest absolute Gasteiger partial charge is 0.255 e. The van der Waals surface area contributed by atoms with Gasteiger partial charge in [0.2, 0.25) is 11.9 Å². The van der Waals surface area contributed by atoms with E-state index in [0.29, 0.717) is 87.2 Å². The first-order valence-corrected chi connectivity index (χ1v) is 11.6. The molecule has 1 N–H and O–H groups in total. The second kappa shape index (κ2) is 10.3. The lowest BCUT2D eigenvalue weighted by atomic mass is 10.1. The van der Waals surface area contributed by atoms with E-state index in [4.69, 9.17) is 4.74 Å². The molecule has 2 saturated heterocycles. The summed E-state index contributed by atoms with van der Waals surface area (Å²) in [5.41, 5.74) is 1.72. The molecule has 2 aliphatic heterocycles. The first kappa shape index (κ1) is 23.9. The Morgan fingerprint density at radius 1 is 1.06 bits per heavy atom. The molecule has 0 spiro atoms. The summed E-state index contributed by atoms with van der Waals surface area (Å²) in [5.74, 6) is -0.170. The number of aromatic amines is 1. The van der Waals surface area contributed by atoms with Crippen LogP contribution >= 0.6 is 0 Å². The molecule has 34 heavy (non-hydrogen) atoms. The van der Waals surface area contributed by atoms with E-state index in [1.165, 1.54) is 6.07 Å². The molecule has 0 unspecified atom stereocenters. The third-order valence-electron chi connectivity index (χ3n) is 6.45. The molecule has 9 nitrogen and oxygen atoms in total. The van der Waals surface area contributed by atoms with Gasteiger partial charge < -0.3 is 19.4 Å². The minimum atomic E-state index is -0.405. The zero-order chi connectivity index (χ0) is 24.2. The zero-order valence-corrected chi connectivity index (χ0v) is 19.6. The molecule has 2 aromatic rings. The normalized spacial score (nSPS) is 16.6. The lowest BCUT2D eigenvalue weighted by Gasteiger charge is -2.35. The van der Waals surface area contributed by atoms with Crippen LogP contribution in [-0.4, -0.2) is 84.1 Å². The first-order chi connectivity index (χ1) is 16.3. The topological polar surface area (TPSA) is 98.8 Å². The Hall–Kier alpha value is -3.27. The summed E-state index contributed by atoms with van der Waals surface area (Å²) in [6, 6.07) is 4.47. The Labute approximate surface area is 197 Å². The van der Waals surface area contributed by atoms with Crippen LogP contribution in [-0.2, 0) is 16.0 Å². The number of hydrogen-bond donors (Lipinski definition) is 1. The average Bonchev–Trinajstić information content (AvgIpc) is 2.85. The number of aromatic nitrogens is 2. The number of carbonyl (C=O) groups is 2. The number of anilines is 1. The maximum atomic E-state index is 13.8. The minimum absolute atomic E-state index is 0.0652. The highest BCUT2D eigenvalue weighted by atomic mass is 19.1. The van der Waals surface area contributed by atoms with Crippen molar-refractivity contribution < 1.29 is 18.7 Å². The molecule has 1 aromatic carbocycles. The number of rotatable bonds is 5. The molecule has 0 bridgehead atoms. The molecule has 1 aromatic heterocycles. The van der Waals surface area contributed by atoms with Gasteiger partial charge in [0.05, 0.1) is 13.2 Å². The van der Waals surface area contributed by atoms with Crippen molar-refractivity contribution in [1.82, 2.24) is 19.8 Å². The van der Waals surface area contributed by atoms with E-state index in [9.17, 15) is 18.8 Å². The second-order valence-electron chi connectivity index (χ2n) is 8.69. The van der Waals surface area contributed by atoms with Gasteiger partial charge in [-0.1, -0.05) is 6.07 Å². The summed E-state index contributed by atoms with van der Waals surface area (Å²) in [6.45, 7) is 7.56. The fraction of sp³-hybridized carbons (Fsp3) is 0.500. The Kier molecular flexibility index (Phi) is 7.26. The summed E-state index contributed by atoms with van der Waals surface area (Å²) >= 11 is 0. The van der Waals surface area contributed by atoms with Crippen molar-refractivity contribution in [1.29, 1.82) is 0 Å². The van der Waals surface area contributed by atoms with Crippen LogP contribution in [0.25, 0.3) is 0 Å². The predicted molar refractivity (Wildman–Crippen MR) is 125 cm³/mol. The SMILES string of the molecule is Cc1ccc(C(=O)N2CCN(C(=O)CCc3c(C)nc(N4CCOCC4)[nH]c3=O)CC2)cc1F. The van der Waals surface area contributed by atoms with Gasteiger partial charge in [-0.2, -0.15) is 0 Å². The summed E-state index contributed by atoms with van der Waals surface area (Å²) in [6.07, 6.45) is 0.498. The number of nitrogens with one attached hydrogen (secondary N) is 1. The van der Waals surface area contributed by atoms with Crippen LogP contribution in [0.4, 0.5) is 10.3 Å². The Morgan fingerprint density at radius 3 is 2.38 bits per heavy atom. The first-order valence-electron chi connectivity index (χ1n) is 11.6. The van der Waals surface area contributed by atoms with Gasteiger partial charge in [-0.05, 0) is 38.0 Å². The van der Waals surface area contributed by atoms with E-state index in [0.717, 1.165) is 0 Å². The number of benzene rings is 1. The average molecular weight is 472 g/mol. The van der Waals surface area contributed by atoms with E-state index in [1.807, 2.05) is 4.90 Å². The van der Waals surface area contributed by atoms with Crippen molar-refractivity contribution in [3.63, 3.8) is 0 Å². The van der Waals surface area contributed by atoms with E-state index >= 15 is 0 Å². The molecule has 2 aliphatic rings. The van der Waals surface area contributed by atoms with E-state index in [2.05, 4.69) is 9.97 Å². The molecule has 0 atom stereocenters. The van der Waals surface area contributed by atoms with Crippen molar-refractivity contribution in [2.75, 3.05) is 57.4 Å². The second-order valence-corrected chi connectivity index (χ2v) is 8.69. The van der Waals surface area contributed by atoms with Crippen molar-refractivity contribution in [3.05, 3.63) is 56.8 Å². The van der Waals surface area contributed by atoms with Gasteiger partial charge >= 0.3 is 0 Å². The Balaban J connectivity index is 1.31.